The summed E-state index contributed by atoms with van der Waals surface area (Å²) in [4.78, 5) is 15.7. The van der Waals surface area contributed by atoms with Gasteiger partial charge in [-0.2, -0.15) is 0 Å². The maximum Gasteiger partial charge on any atom is 0.249 e. The predicted octanol–water partition coefficient (Wildman–Crippen LogP) is 2.68. The average Bonchev–Trinajstić information content (AvgIpc) is 2.81. The van der Waals surface area contributed by atoms with E-state index in [9.17, 15) is 4.79 Å². The highest BCUT2D eigenvalue weighted by Gasteiger charge is 2.08. The Labute approximate surface area is 113 Å². The van der Waals surface area contributed by atoms with Crippen molar-refractivity contribution < 1.29 is 4.79 Å². The van der Waals surface area contributed by atoms with Gasteiger partial charge in [-0.3, -0.25) is 9.79 Å². The number of carbonyl (C=O) groups is 1. The van der Waals surface area contributed by atoms with Crippen LogP contribution in [0.15, 0.2) is 39.8 Å². The summed E-state index contributed by atoms with van der Waals surface area (Å²) in [5.74, 6) is 0.813. The number of carbonyl (C=O) groups excluding carboxylic acids is 1. The van der Waals surface area contributed by atoms with Crippen LogP contribution in [-0.2, 0) is 4.79 Å². The highest BCUT2D eigenvalue weighted by molar-refractivity contribution is 9.10. The minimum Gasteiger partial charge on any atom is -0.302 e. The van der Waals surface area contributed by atoms with Crippen molar-refractivity contribution in [2.75, 3.05) is 12.3 Å². The van der Waals surface area contributed by atoms with Crippen LogP contribution >= 0.6 is 27.7 Å². The number of rotatable bonds is 2. The van der Waals surface area contributed by atoms with Crippen molar-refractivity contribution in [2.24, 2.45) is 4.99 Å². The van der Waals surface area contributed by atoms with Gasteiger partial charge in [0.05, 0.1) is 6.54 Å². The van der Waals surface area contributed by atoms with E-state index >= 15 is 0 Å². The summed E-state index contributed by atoms with van der Waals surface area (Å²) in [6.45, 7) is 0.788. The Morgan fingerprint density at radius 3 is 2.82 bits per heavy atom. The number of aliphatic imine (C=N–C) groups is 1. The van der Waals surface area contributed by atoms with Crippen molar-refractivity contribution in [2.45, 2.75) is 0 Å². The zero-order valence-corrected chi connectivity index (χ0v) is 11.4. The van der Waals surface area contributed by atoms with Gasteiger partial charge in [0.15, 0.2) is 5.17 Å². The third-order valence-corrected chi connectivity index (χ3v) is 3.53. The van der Waals surface area contributed by atoms with Gasteiger partial charge < -0.3 is 5.32 Å². The molecule has 0 fully saturated rings. The van der Waals surface area contributed by atoms with Gasteiger partial charge >= 0.3 is 0 Å². The van der Waals surface area contributed by atoms with Crippen molar-refractivity contribution in [3.05, 3.63) is 40.4 Å². The van der Waals surface area contributed by atoms with E-state index in [1.807, 2.05) is 24.3 Å². The van der Waals surface area contributed by atoms with Gasteiger partial charge in [-0.15, -0.1) is 0 Å². The molecular formula is C12H11BrN2OS. The van der Waals surface area contributed by atoms with E-state index in [0.29, 0.717) is 0 Å². The first-order chi connectivity index (χ1) is 8.24. The van der Waals surface area contributed by atoms with Crippen LogP contribution < -0.4 is 5.32 Å². The second kappa shape index (κ2) is 6.02. The van der Waals surface area contributed by atoms with E-state index in [0.717, 1.165) is 27.5 Å². The molecule has 5 heteroatoms. The third-order valence-electron chi connectivity index (χ3n) is 2.11. The second-order valence-corrected chi connectivity index (χ2v) is 5.41. The molecule has 0 spiro atoms. The monoisotopic (exact) mass is 310 g/mol. The van der Waals surface area contributed by atoms with Crippen LogP contribution in [0.25, 0.3) is 6.08 Å². The fourth-order valence-corrected chi connectivity index (χ4v) is 2.30. The van der Waals surface area contributed by atoms with Crippen LogP contribution in [0.4, 0.5) is 0 Å². The van der Waals surface area contributed by atoms with Crippen molar-refractivity contribution in [1.82, 2.24) is 5.32 Å². The number of nitrogens with one attached hydrogen (secondary N) is 1. The molecule has 0 bridgehead atoms. The van der Waals surface area contributed by atoms with Crippen molar-refractivity contribution in [3.63, 3.8) is 0 Å². The first kappa shape index (κ1) is 12.4. The zero-order chi connectivity index (χ0) is 12.1. The number of nitrogens with zero attached hydrogens (tertiary/aromatic N) is 1. The molecule has 0 aliphatic carbocycles. The normalized spacial score (nSPS) is 15.0. The molecular weight excluding hydrogens is 300 g/mol. The first-order valence-electron chi connectivity index (χ1n) is 5.16. The van der Waals surface area contributed by atoms with E-state index in [1.165, 1.54) is 6.08 Å². The smallest absolute Gasteiger partial charge is 0.249 e. The van der Waals surface area contributed by atoms with E-state index in [1.54, 1.807) is 17.8 Å². The summed E-state index contributed by atoms with van der Waals surface area (Å²) < 4.78 is 1.02. The maximum absolute atomic E-state index is 11.5. The van der Waals surface area contributed by atoms with Crippen LogP contribution in [-0.4, -0.2) is 23.4 Å². The molecule has 0 atom stereocenters. The molecule has 0 saturated carbocycles. The summed E-state index contributed by atoms with van der Waals surface area (Å²) in [6.07, 6.45) is 3.30. The number of thioether (sulfide) groups is 1. The van der Waals surface area contributed by atoms with E-state index in [2.05, 4.69) is 26.2 Å². The number of hydrogen-bond donors (Lipinski definition) is 1. The molecule has 1 amide bonds. The molecule has 17 heavy (non-hydrogen) atoms. The lowest BCUT2D eigenvalue weighted by atomic mass is 10.2. The average molecular weight is 311 g/mol. The van der Waals surface area contributed by atoms with Crippen LogP contribution in [0.5, 0.6) is 0 Å². The first-order valence-corrected chi connectivity index (χ1v) is 6.94. The summed E-state index contributed by atoms with van der Waals surface area (Å²) in [6, 6.07) is 7.76. The number of amides is 1. The number of halogens is 1. The summed E-state index contributed by atoms with van der Waals surface area (Å²) in [7, 11) is 0. The Morgan fingerprint density at radius 1 is 1.41 bits per heavy atom. The van der Waals surface area contributed by atoms with Crippen LogP contribution in [0.1, 0.15) is 5.56 Å². The third kappa shape index (κ3) is 4.02. The Balaban J connectivity index is 1.91. The van der Waals surface area contributed by atoms with Crippen molar-refractivity contribution in [3.8, 4) is 0 Å². The highest BCUT2D eigenvalue weighted by Crippen LogP contribution is 2.12. The SMILES string of the molecule is O=C(/C=C/c1ccc(Br)cc1)NC1=NCCS1. The number of amidine groups is 1. The summed E-state index contributed by atoms with van der Waals surface area (Å²) in [5, 5.41) is 3.46. The zero-order valence-electron chi connectivity index (χ0n) is 9.02. The molecule has 1 aromatic rings. The Hall–Kier alpha value is -1.07. The molecule has 0 radical (unpaired) electrons. The molecule has 1 heterocycles. The minimum atomic E-state index is -0.138. The molecule has 0 saturated heterocycles. The molecule has 3 nitrogen and oxygen atoms in total. The molecule has 1 N–H and O–H groups in total. The highest BCUT2D eigenvalue weighted by atomic mass is 79.9. The molecule has 1 aliphatic heterocycles. The lowest BCUT2D eigenvalue weighted by Crippen LogP contribution is -2.25. The van der Waals surface area contributed by atoms with Crippen molar-refractivity contribution >= 4 is 44.8 Å². The van der Waals surface area contributed by atoms with E-state index in [4.69, 9.17) is 0 Å². The molecule has 2 rings (SSSR count). The molecule has 0 aromatic heterocycles. The largest absolute Gasteiger partial charge is 0.302 e. The van der Waals surface area contributed by atoms with Crippen LogP contribution in [0, 0.1) is 0 Å². The summed E-state index contributed by atoms with van der Waals surface area (Å²) >= 11 is 4.93. The van der Waals surface area contributed by atoms with Gasteiger partial charge in [0.2, 0.25) is 5.91 Å². The Morgan fingerprint density at radius 2 is 2.18 bits per heavy atom. The van der Waals surface area contributed by atoms with Gasteiger partial charge in [0.1, 0.15) is 0 Å². The number of hydrogen-bond acceptors (Lipinski definition) is 3. The predicted molar refractivity (Wildman–Crippen MR) is 76.1 cm³/mol. The van der Waals surface area contributed by atoms with Gasteiger partial charge in [0.25, 0.3) is 0 Å². The second-order valence-electron chi connectivity index (χ2n) is 3.41. The van der Waals surface area contributed by atoms with Gasteiger partial charge in [-0.1, -0.05) is 39.8 Å². The molecule has 1 aromatic carbocycles. The van der Waals surface area contributed by atoms with E-state index in [-0.39, 0.29) is 5.91 Å². The maximum atomic E-state index is 11.5. The lowest BCUT2D eigenvalue weighted by molar-refractivity contribution is -0.115. The molecule has 1 aliphatic rings. The van der Waals surface area contributed by atoms with Crippen molar-refractivity contribution in [1.29, 1.82) is 0 Å². The Kier molecular flexibility index (Phi) is 4.39. The summed E-state index contributed by atoms with van der Waals surface area (Å²) in [5.41, 5.74) is 0.990. The molecule has 0 unspecified atom stereocenters. The van der Waals surface area contributed by atoms with Gasteiger partial charge in [-0.25, -0.2) is 0 Å². The quantitative estimate of drug-likeness (QED) is 0.853. The fraction of sp³-hybridized carbons (Fsp3) is 0.167. The number of benzene rings is 1. The fourth-order valence-electron chi connectivity index (χ4n) is 1.30. The van der Waals surface area contributed by atoms with Crippen LogP contribution in [0.3, 0.4) is 0 Å². The lowest BCUT2D eigenvalue weighted by Gasteiger charge is -1.99. The standard InChI is InChI=1S/C12H11BrN2OS/c13-10-4-1-9(2-5-10)3-6-11(16)15-12-14-7-8-17-12/h1-6H,7-8H2,(H,14,15,16)/b6-3+. The van der Waals surface area contributed by atoms with E-state index < -0.39 is 0 Å². The Bertz CT molecular complexity index is 468. The van der Waals surface area contributed by atoms with Crippen LogP contribution in [0.2, 0.25) is 0 Å². The van der Waals surface area contributed by atoms with Gasteiger partial charge in [0, 0.05) is 16.3 Å². The topological polar surface area (TPSA) is 41.5 Å². The van der Waals surface area contributed by atoms with Gasteiger partial charge in [-0.05, 0) is 23.8 Å². The molecule has 88 valence electrons. The minimum absolute atomic E-state index is 0.138.